The maximum absolute atomic E-state index is 5.92. The topological polar surface area (TPSA) is 29.3 Å². The molecular formula is C17H16N2O. The number of hydrogen-bond donors (Lipinski definition) is 0. The summed E-state index contributed by atoms with van der Waals surface area (Å²) in [6.45, 7) is 2.29. The second kappa shape index (κ2) is 4.67. The summed E-state index contributed by atoms with van der Waals surface area (Å²) in [6, 6.07) is 16.3. The summed E-state index contributed by atoms with van der Waals surface area (Å²) < 4.78 is 5.92. The molecule has 3 heteroatoms. The van der Waals surface area contributed by atoms with Crippen LogP contribution in [0.1, 0.15) is 12.8 Å². The summed E-state index contributed by atoms with van der Waals surface area (Å²) in [5.41, 5.74) is 4.05. The summed E-state index contributed by atoms with van der Waals surface area (Å²) in [5, 5.41) is 0. The molecule has 0 aliphatic carbocycles. The van der Waals surface area contributed by atoms with Crippen molar-refractivity contribution in [3.05, 3.63) is 48.5 Å². The molecule has 0 atom stereocenters. The molecule has 0 radical (unpaired) electrons. The summed E-state index contributed by atoms with van der Waals surface area (Å²) >= 11 is 0. The summed E-state index contributed by atoms with van der Waals surface area (Å²) in [5.74, 6) is 0.694. The van der Waals surface area contributed by atoms with Crippen LogP contribution in [0, 0.1) is 0 Å². The van der Waals surface area contributed by atoms with E-state index in [0.29, 0.717) is 5.89 Å². The Hall–Kier alpha value is -2.29. The normalized spacial score (nSPS) is 15.1. The highest BCUT2D eigenvalue weighted by Crippen LogP contribution is 2.28. The van der Waals surface area contributed by atoms with Gasteiger partial charge in [0.1, 0.15) is 5.52 Å². The van der Waals surface area contributed by atoms with E-state index in [1.54, 1.807) is 0 Å². The van der Waals surface area contributed by atoms with Gasteiger partial charge in [-0.15, -0.1) is 0 Å². The van der Waals surface area contributed by atoms with E-state index in [1.165, 1.54) is 18.5 Å². The number of anilines is 1. The molecule has 2 heterocycles. The average molecular weight is 264 g/mol. The smallest absolute Gasteiger partial charge is 0.227 e. The Labute approximate surface area is 117 Å². The molecule has 0 spiro atoms. The van der Waals surface area contributed by atoms with Crippen molar-refractivity contribution in [3.8, 4) is 11.5 Å². The third-order valence-electron chi connectivity index (χ3n) is 3.86. The van der Waals surface area contributed by atoms with Gasteiger partial charge in [-0.2, -0.15) is 0 Å². The monoisotopic (exact) mass is 264 g/mol. The molecule has 3 nitrogen and oxygen atoms in total. The van der Waals surface area contributed by atoms with E-state index in [9.17, 15) is 0 Å². The third kappa shape index (κ3) is 1.95. The number of aromatic nitrogens is 1. The second-order valence-electron chi connectivity index (χ2n) is 5.23. The van der Waals surface area contributed by atoms with Crippen LogP contribution in [0.4, 0.5) is 5.69 Å². The SMILES string of the molecule is c1ccc(-c2nc3ccc(N4CCCC4)cc3o2)cc1. The fourth-order valence-corrected chi connectivity index (χ4v) is 2.79. The number of hydrogen-bond acceptors (Lipinski definition) is 3. The van der Waals surface area contributed by atoms with Crippen molar-refractivity contribution < 1.29 is 4.42 Å². The molecule has 3 aromatic rings. The van der Waals surface area contributed by atoms with Crippen LogP contribution in [-0.4, -0.2) is 18.1 Å². The first kappa shape index (κ1) is 11.5. The lowest BCUT2D eigenvalue weighted by atomic mass is 10.2. The van der Waals surface area contributed by atoms with E-state index in [0.717, 1.165) is 29.8 Å². The largest absolute Gasteiger partial charge is 0.436 e. The van der Waals surface area contributed by atoms with Crippen LogP contribution < -0.4 is 4.90 Å². The van der Waals surface area contributed by atoms with Gasteiger partial charge in [0.2, 0.25) is 5.89 Å². The van der Waals surface area contributed by atoms with Gasteiger partial charge in [-0.05, 0) is 37.1 Å². The zero-order valence-electron chi connectivity index (χ0n) is 11.2. The van der Waals surface area contributed by atoms with Gasteiger partial charge in [-0.3, -0.25) is 0 Å². The lowest BCUT2D eigenvalue weighted by Crippen LogP contribution is -2.17. The van der Waals surface area contributed by atoms with Gasteiger partial charge in [0.25, 0.3) is 0 Å². The third-order valence-corrected chi connectivity index (χ3v) is 3.86. The van der Waals surface area contributed by atoms with E-state index in [1.807, 2.05) is 30.3 Å². The predicted molar refractivity (Wildman–Crippen MR) is 80.9 cm³/mol. The van der Waals surface area contributed by atoms with E-state index in [-0.39, 0.29) is 0 Å². The first-order chi connectivity index (χ1) is 9.90. The zero-order chi connectivity index (χ0) is 13.4. The van der Waals surface area contributed by atoms with Crippen LogP contribution in [0.2, 0.25) is 0 Å². The van der Waals surface area contributed by atoms with Crippen molar-refractivity contribution >= 4 is 16.8 Å². The van der Waals surface area contributed by atoms with Crippen LogP contribution in [0.25, 0.3) is 22.6 Å². The number of nitrogens with zero attached hydrogens (tertiary/aromatic N) is 2. The van der Waals surface area contributed by atoms with Crippen molar-refractivity contribution in [2.75, 3.05) is 18.0 Å². The summed E-state index contributed by atoms with van der Waals surface area (Å²) in [7, 11) is 0. The van der Waals surface area contributed by atoms with Gasteiger partial charge in [-0.1, -0.05) is 18.2 Å². The molecule has 0 bridgehead atoms. The highest BCUT2D eigenvalue weighted by Gasteiger charge is 2.14. The molecule has 2 aromatic carbocycles. The van der Waals surface area contributed by atoms with Gasteiger partial charge in [-0.25, -0.2) is 4.98 Å². The Morgan fingerprint density at radius 1 is 0.950 bits per heavy atom. The van der Waals surface area contributed by atoms with Crippen LogP contribution in [0.15, 0.2) is 52.9 Å². The van der Waals surface area contributed by atoms with Gasteiger partial charge in [0.05, 0.1) is 0 Å². The van der Waals surface area contributed by atoms with Gasteiger partial charge in [0, 0.05) is 30.4 Å². The van der Waals surface area contributed by atoms with Crippen LogP contribution in [0.5, 0.6) is 0 Å². The van der Waals surface area contributed by atoms with Crippen molar-refractivity contribution in [1.29, 1.82) is 0 Å². The predicted octanol–water partition coefficient (Wildman–Crippen LogP) is 4.10. The molecule has 1 aliphatic heterocycles. The highest BCUT2D eigenvalue weighted by molar-refractivity contribution is 5.80. The van der Waals surface area contributed by atoms with Gasteiger partial charge < -0.3 is 9.32 Å². The number of oxazole rings is 1. The maximum atomic E-state index is 5.92. The van der Waals surface area contributed by atoms with Crippen molar-refractivity contribution in [2.24, 2.45) is 0 Å². The van der Waals surface area contributed by atoms with Gasteiger partial charge in [0.15, 0.2) is 5.58 Å². The Morgan fingerprint density at radius 3 is 2.55 bits per heavy atom. The minimum atomic E-state index is 0.694. The standard InChI is InChI=1S/C17H16N2O/c1-2-6-13(7-3-1)17-18-15-9-8-14(12-16(15)20-17)19-10-4-5-11-19/h1-3,6-9,12H,4-5,10-11H2. The van der Waals surface area contributed by atoms with Crippen LogP contribution >= 0.6 is 0 Å². The molecule has 20 heavy (non-hydrogen) atoms. The second-order valence-corrected chi connectivity index (χ2v) is 5.23. The minimum absolute atomic E-state index is 0.694. The van der Waals surface area contributed by atoms with E-state index in [4.69, 9.17) is 4.42 Å². The van der Waals surface area contributed by atoms with E-state index in [2.05, 4.69) is 28.1 Å². The average Bonchev–Trinajstić information content (AvgIpc) is 3.16. The molecule has 4 rings (SSSR count). The molecule has 100 valence electrons. The van der Waals surface area contributed by atoms with Gasteiger partial charge >= 0.3 is 0 Å². The first-order valence-corrected chi connectivity index (χ1v) is 7.11. The van der Waals surface area contributed by atoms with Crippen molar-refractivity contribution in [3.63, 3.8) is 0 Å². The number of rotatable bonds is 2. The molecule has 1 fully saturated rings. The first-order valence-electron chi connectivity index (χ1n) is 7.11. The Kier molecular flexibility index (Phi) is 2.69. The molecular weight excluding hydrogens is 248 g/mol. The summed E-state index contributed by atoms with van der Waals surface area (Å²) in [4.78, 5) is 6.97. The molecule has 0 amide bonds. The molecule has 0 N–H and O–H groups in total. The molecule has 0 saturated carbocycles. The summed E-state index contributed by atoms with van der Waals surface area (Å²) in [6.07, 6.45) is 2.56. The fourth-order valence-electron chi connectivity index (χ4n) is 2.79. The fraction of sp³-hybridized carbons (Fsp3) is 0.235. The van der Waals surface area contributed by atoms with Crippen LogP contribution in [-0.2, 0) is 0 Å². The number of fused-ring (bicyclic) bond motifs is 1. The molecule has 1 aromatic heterocycles. The van der Waals surface area contributed by atoms with Crippen molar-refractivity contribution in [1.82, 2.24) is 4.98 Å². The lowest BCUT2D eigenvalue weighted by molar-refractivity contribution is 0.620. The quantitative estimate of drug-likeness (QED) is 0.698. The zero-order valence-corrected chi connectivity index (χ0v) is 11.2. The molecule has 1 aliphatic rings. The van der Waals surface area contributed by atoms with E-state index >= 15 is 0 Å². The van der Waals surface area contributed by atoms with Crippen LogP contribution in [0.3, 0.4) is 0 Å². The minimum Gasteiger partial charge on any atom is -0.436 e. The number of benzene rings is 2. The Bertz CT molecular complexity index is 727. The lowest BCUT2D eigenvalue weighted by Gasteiger charge is -2.16. The Morgan fingerprint density at radius 2 is 1.75 bits per heavy atom. The Balaban J connectivity index is 1.76. The highest BCUT2D eigenvalue weighted by atomic mass is 16.3. The molecule has 0 unspecified atom stereocenters. The van der Waals surface area contributed by atoms with Crippen molar-refractivity contribution in [2.45, 2.75) is 12.8 Å². The maximum Gasteiger partial charge on any atom is 0.227 e. The van der Waals surface area contributed by atoms with E-state index < -0.39 is 0 Å². The molecule has 1 saturated heterocycles.